The molecule has 0 saturated carbocycles. The number of aromatic nitrogens is 6. The average Bonchev–Trinajstić information content (AvgIpc) is 4.38. The van der Waals surface area contributed by atoms with E-state index in [0.717, 1.165) is 56.6 Å². The van der Waals surface area contributed by atoms with E-state index in [9.17, 15) is 4.39 Å². The van der Waals surface area contributed by atoms with Crippen LogP contribution in [0.5, 0.6) is 0 Å². The lowest BCUT2D eigenvalue weighted by Crippen LogP contribution is -1.95. The SMILES string of the molecule is CC#Cc1ccsc1-c1sc(-c2c(F)c(F)c(-c3cc(C#CC)c(-c4sc(-c5c(F)c(C)c(-c6cc(C#CC)c(-c7sc(-c8c(F)c(F)cc9nsnc89)cc7C#CC)s6)c6nsnc56)cc4C#CC)s3)c3nsnc23)cc1C#CC. The summed E-state index contributed by atoms with van der Waals surface area (Å²) in [6.07, 6.45) is 0. The van der Waals surface area contributed by atoms with E-state index >= 15 is 17.6 Å². The van der Waals surface area contributed by atoms with Crippen molar-refractivity contribution in [3.05, 3.63) is 116 Å². The van der Waals surface area contributed by atoms with Crippen LogP contribution in [0.4, 0.5) is 22.0 Å². The van der Waals surface area contributed by atoms with Crippen molar-refractivity contribution in [1.29, 1.82) is 0 Å². The smallest absolute Gasteiger partial charge is 0.170 e. The van der Waals surface area contributed by atoms with Crippen LogP contribution in [0, 0.1) is 107 Å². The lowest BCUT2D eigenvalue weighted by molar-refractivity contribution is 0.513. The zero-order valence-corrected chi connectivity index (χ0v) is 50.2. The molecule has 392 valence electrons. The zero-order valence-electron chi connectivity index (χ0n) is 42.9. The first-order valence-corrected chi connectivity index (χ1v) is 31.1. The lowest BCUT2D eigenvalue weighted by atomic mass is 9.98. The molecule has 0 fully saturated rings. The van der Waals surface area contributed by atoms with Crippen molar-refractivity contribution in [2.45, 2.75) is 48.5 Å². The average molecular weight is 1230 g/mol. The molecule has 0 spiro atoms. The van der Waals surface area contributed by atoms with Crippen molar-refractivity contribution in [2.24, 2.45) is 0 Å². The minimum absolute atomic E-state index is 0.00534. The number of halogens is 5. The quantitative estimate of drug-likeness (QED) is 0.111. The van der Waals surface area contributed by atoms with Crippen LogP contribution in [0.15, 0.2) is 47.8 Å². The van der Waals surface area contributed by atoms with Crippen LogP contribution in [0.2, 0.25) is 0 Å². The Kier molecular flexibility index (Phi) is 14.7. The number of fused-ring (bicyclic) bond motifs is 3. The van der Waals surface area contributed by atoms with Gasteiger partial charge in [-0.25, -0.2) is 22.0 Å². The third kappa shape index (κ3) is 9.10. The Labute approximate surface area is 497 Å². The molecule has 20 heteroatoms. The van der Waals surface area contributed by atoms with E-state index in [2.05, 4.69) is 88.5 Å². The van der Waals surface area contributed by atoms with Gasteiger partial charge < -0.3 is 0 Å². The van der Waals surface area contributed by atoms with Crippen LogP contribution in [0.25, 0.3) is 115 Å². The van der Waals surface area contributed by atoms with Crippen LogP contribution in [-0.4, -0.2) is 26.2 Å². The van der Waals surface area contributed by atoms with E-state index in [-0.39, 0.29) is 44.3 Å². The summed E-state index contributed by atoms with van der Waals surface area (Å²) in [6, 6.07) is 11.9. The zero-order chi connectivity index (χ0) is 56.4. The molecule has 0 amide bonds. The highest BCUT2D eigenvalue weighted by Crippen LogP contribution is 2.53. The number of thiophene rings is 6. The van der Waals surface area contributed by atoms with E-state index in [4.69, 9.17) is 8.75 Å². The molecule has 12 aromatic rings. The van der Waals surface area contributed by atoms with E-state index in [1.807, 2.05) is 23.6 Å². The molecule has 6 nitrogen and oxygen atoms in total. The van der Waals surface area contributed by atoms with E-state index in [0.29, 0.717) is 93.9 Å². The molecule has 9 heterocycles. The molecular weight excluding hydrogens is 1200 g/mol. The standard InChI is InChI=1S/C61H29F5N6S9/c1-8-14-29-20-21-73-56(29)57-30(15-9-2)23-40(75-57)45-49(65)50(66)46(55-54(45)71-81-72-55)41-26-34(19-13-6)61(78-41)60-32(17-11-4)24-38(76-60)43-47(63)28(7)42(52-53(43)70-80-69-52)37-22-31(16-10-3)58(74-37)59-33(18-12-5)25-39(77-59)44-48(64)35(62)27-36-51(44)68-79-67-36/h20-27H,1-7H3. The van der Waals surface area contributed by atoms with Gasteiger partial charge in [-0.1, -0.05) is 35.5 Å². The van der Waals surface area contributed by atoms with E-state index in [1.165, 1.54) is 68.0 Å². The fraction of sp³-hybridized carbons (Fsp3) is 0.115. The Morgan fingerprint density at radius 2 is 0.667 bits per heavy atom. The number of rotatable bonds is 8. The van der Waals surface area contributed by atoms with Crippen LogP contribution < -0.4 is 0 Å². The fourth-order valence-corrected chi connectivity index (χ4v) is 18.2. The van der Waals surface area contributed by atoms with Gasteiger partial charge in [-0.15, -0.1) is 104 Å². The maximum atomic E-state index is 17.7. The van der Waals surface area contributed by atoms with Gasteiger partial charge in [0.05, 0.1) is 86.7 Å². The van der Waals surface area contributed by atoms with Gasteiger partial charge in [-0.3, -0.25) is 0 Å². The molecule has 12 rings (SSSR count). The third-order valence-corrected chi connectivity index (χ3v) is 21.4. The molecule has 0 atom stereocenters. The third-order valence-electron chi connectivity index (χ3n) is 12.7. The number of nitrogens with zero attached hydrogens (tertiary/aromatic N) is 6. The van der Waals surface area contributed by atoms with Gasteiger partial charge in [0.1, 0.15) is 38.9 Å². The highest BCUT2D eigenvalue weighted by molar-refractivity contribution is 7.27. The first-order valence-electron chi connectivity index (χ1n) is 23.9. The summed E-state index contributed by atoms with van der Waals surface area (Å²) in [4.78, 5) is 6.71. The fourth-order valence-electron chi connectivity index (χ4n) is 9.38. The van der Waals surface area contributed by atoms with Crippen molar-refractivity contribution < 1.29 is 22.0 Å². The van der Waals surface area contributed by atoms with E-state index < -0.39 is 29.1 Å². The van der Waals surface area contributed by atoms with Gasteiger partial charge in [0.15, 0.2) is 23.3 Å². The summed E-state index contributed by atoms with van der Waals surface area (Å²) in [7, 11) is 0. The molecule has 3 aromatic carbocycles. The molecule has 0 aliphatic carbocycles. The van der Waals surface area contributed by atoms with Crippen molar-refractivity contribution in [3.8, 4) is 153 Å². The normalized spacial score (nSPS) is 10.9. The molecule has 0 aliphatic heterocycles. The highest BCUT2D eigenvalue weighted by Gasteiger charge is 2.32. The van der Waals surface area contributed by atoms with Crippen LogP contribution >= 0.6 is 103 Å². The second-order valence-electron chi connectivity index (χ2n) is 17.3. The lowest BCUT2D eigenvalue weighted by Gasteiger charge is -2.10. The monoisotopic (exact) mass is 1230 g/mol. The number of benzene rings is 3. The van der Waals surface area contributed by atoms with Crippen molar-refractivity contribution in [2.75, 3.05) is 0 Å². The Morgan fingerprint density at radius 1 is 0.346 bits per heavy atom. The first-order chi connectivity index (χ1) is 39.4. The van der Waals surface area contributed by atoms with Gasteiger partial charge in [-0.2, -0.15) is 26.2 Å². The summed E-state index contributed by atoms with van der Waals surface area (Å²) in [5, 5.41) is 1.94. The number of hydrogen-bond donors (Lipinski definition) is 0. The van der Waals surface area contributed by atoms with Gasteiger partial charge in [-0.05, 0) is 95.8 Å². The molecule has 0 bridgehead atoms. The summed E-state index contributed by atoms with van der Waals surface area (Å²) < 4.78 is 110. The van der Waals surface area contributed by atoms with Crippen LogP contribution in [0.3, 0.4) is 0 Å². The molecule has 0 saturated heterocycles. The molecule has 0 N–H and O–H groups in total. The second-order valence-corrected chi connectivity index (χ2v) is 25.1. The first kappa shape index (κ1) is 53.9. The Bertz CT molecular complexity index is 5050. The van der Waals surface area contributed by atoms with E-state index in [1.54, 1.807) is 66.7 Å². The highest BCUT2D eigenvalue weighted by atomic mass is 32.1. The number of hydrogen-bond acceptors (Lipinski definition) is 15. The molecule has 81 heavy (non-hydrogen) atoms. The van der Waals surface area contributed by atoms with Crippen molar-refractivity contribution >= 4 is 136 Å². The summed E-state index contributed by atoms with van der Waals surface area (Å²) in [6.45, 7) is 12.0. The molecule has 0 aliphatic rings. The van der Waals surface area contributed by atoms with Crippen LogP contribution in [0.1, 0.15) is 80.5 Å². The van der Waals surface area contributed by atoms with Crippen molar-refractivity contribution in [3.63, 3.8) is 0 Å². The van der Waals surface area contributed by atoms with Crippen molar-refractivity contribution in [1.82, 2.24) is 26.2 Å². The minimum Gasteiger partial charge on any atom is -0.206 e. The second kappa shape index (κ2) is 22.0. The molecule has 9 aromatic heterocycles. The maximum Gasteiger partial charge on any atom is 0.170 e. The predicted octanol–water partition coefficient (Wildman–Crippen LogP) is 18.6. The largest absolute Gasteiger partial charge is 0.206 e. The molecule has 0 unspecified atom stereocenters. The maximum absolute atomic E-state index is 17.7. The van der Waals surface area contributed by atoms with Gasteiger partial charge >= 0.3 is 0 Å². The van der Waals surface area contributed by atoms with Crippen LogP contribution in [-0.2, 0) is 0 Å². The van der Waals surface area contributed by atoms with Gasteiger partial charge in [0, 0.05) is 69.4 Å². The Morgan fingerprint density at radius 3 is 1.07 bits per heavy atom. The molecule has 0 radical (unpaired) electrons. The topological polar surface area (TPSA) is 77.3 Å². The minimum atomic E-state index is -1.09. The van der Waals surface area contributed by atoms with Gasteiger partial charge in [0.25, 0.3) is 0 Å². The summed E-state index contributed by atoms with van der Waals surface area (Å²) in [5.74, 6) is 32.1. The summed E-state index contributed by atoms with van der Waals surface area (Å²) in [5.41, 5.74) is 6.45. The predicted molar refractivity (Wildman–Crippen MR) is 330 cm³/mol. The Hall–Kier alpha value is -7.67. The van der Waals surface area contributed by atoms with Gasteiger partial charge in [0.2, 0.25) is 0 Å². The molecular formula is C61H29F5N6S9. The Balaban J connectivity index is 0.966. The summed E-state index contributed by atoms with van der Waals surface area (Å²) >= 11 is 10.5.